The van der Waals surface area contributed by atoms with Crippen LogP contribution in [0.15, 0.2) is 24.3 Å². The first kappa shape index (κ1) is 13.9. The van der Waals surface area contributed by atoms with Crippen LogP contribution < -0.4 is 10.1 Å². The molecule has 0 aliphatic carbocycles. The van der Waals surface area contributed by atoms with Crippen molar-refractivity contribution in [3.05, 3.63) is 24.3 Å². The lowest BCUT2D eigenvalue weighted by atomic mass is 10.3. The van der Waals surface area contributed by atoms with E-state index in [0.717, 1.165) is 0 Å². The van der Waals surface area contributed by atoms with E-state index < -0.39 is 0 Å². The highest BCUT2D eigenvalue weighted by Crippen LogP contribution is 2.23. The zero-order chi connectivity index (χ0) is 12.5. The van der Waals surface area contributed by atoms with Gasteiger partial charge in [-0.2, -0.15) is 0 Å². The van der Waals surface area contributed by atoms with Gasteiger partial charge in [-0.05, 0) is 19.1 Å². The van der Waals surface area contributed by atoms with E-state index in [1.807, 2.05) is 25.1 Å². The first-order valence-corrected chi connectivity index (χ1v) is 6.63. The Morgan fingerprint density at radius 3 is 2.94 bits per heavy atom. The average molecular weight is 255 g/mol. The average Bonchev–Trinajstić information content (AvgIpc) is 2.32. The molecular weight excluding hydrogens is 238 g/mol. The van der Waals surface area contributed by atoms with Crippen molar-refractivity contribution in [3.8, 4) is 5.75 Å². The van der Waals surface area contributed by atoms with Crippen LogP contribution in [0.25, 0.3) is 0 Å². The summed E-state index contributed by atoms with van der Waals surface area (Å²) < 4.78 is 5.40. The maximum atomic E-state index is 11.6. The fourth-order valence-electron chi connectivity index (χ4n) is 1.27. The Balaban J connectivity index is 2.52. The lowest BCUT2D eigenvalue weighted by molar-refractivity contribution is -0.113. The molecule has 1 aromatic rings. The highest BCUT2D eigenvalue weighted by Gasteiger charge is 2.06. The number of carbonyl (C=O) groups is 1. The molecular formula is C12H17NO3S. The Morgan fingerprint density at radius 2 is 2.24 bits per heavy atom. The first-order valence-electron chi connectivity index (χ1n) is 5.48. The van der Waals surface area contributed by atoms with Gasteiger partial charge in [-0.25, -0.2) is 0 Å². The predicted octanol–water partition coefficient (Wildman–Crippen LogP) is 1.75. The summed E-state index contributed by atoms with van der Waals surface area (Å²) in [4.78, 5) is 11.6. The van der Waals surface area contributed by atoms with Gasteiger partial charge in [-0.3, -0.25) is 4.79 Å². The Bertz CT molecular complexity index is 357. The first-order chi connectivity index (χ1) is 8.27. The number of nitrogens with one attached hydrogen (secondary N) is 1. The second-order valence-corrected chi connectivity index (χ2v) is 4.36. The van der Waals surface area contributed by atoms with Gasteiger partial charge in [0.05, 0.1) is 24.7 Å². The number of amides is 1. The topological polar surface area (TPSA) is 58.6 Å². The molecule has 0 aliphatic rings. The van der Waals surface area contributed by atoms with Crippen molar-refractivity contribution in [2.45, 2.75) is 6.92 Å². The van der Waals surface area contributed by atoms with Gasteiger partial charge < -0.3 is 15.2 Å². The number of carbonyl (C=O) groups excluding carboxylic acids is 1. The van der Waals surface area contributed by atoms with Crippen molar-refractivity contribution in [3.63, 3.8) is 0 Å². The van der Waals surface area contributed by atoms with E-state index in [2.05, 4.69) is 5.32 Å². The molecule has 0 atom stereocenters. The van der Waals surface area contributed by atoms with Gasteiger partial charge in [0.1, 0.15) is 5.75 Å². The minimum atomic E-state index is -0.0874. The number of aliphatic hydroxyl groups excluding tert-OH is 1. The molecule has 0 unspecified atom stereocenters. The highest BCUT2D eigenvalue weighted by molar-refractivity contribution is 7.99. The van der Waals surface area contributed by atoms with Gasteiger partial charge in [-0.1, -0.05) is 12.1 Å². The van der Waals surface area contributed by atoms with E-state index in [-0.39, 0.29) is 12.5 Å². The highest BCUT2D eigenvalue weighted by atomic mass is 32.2. The summed E-state index contributed by atoms with van der Waals surface area (Å²) in [7, 11) is 0. The molecule has 0 radical (unpaired) electrons. The summed E-state index contributed by atoms with van der Waals surface area (Å²) in [5.41, 5.74) is 0.684. The molecule has 1 aromatic carbocycles. The van der Waals surface area contributed by atoms with E-state index in [0.29, 0.717) is 29.5 Å². The largest absolute Gasteiger partial charge is 0.492 e. The summed E-state index contributed by atoms with van der Waals surface area (Å²) in [6, 6.07) is 7.33. The Kier molecular flexibility index (Phi) is 6.50. The minimum absolute atomic E-state index is 0.0874. The van der Waals surface area contributed by atoms with Crippen LogP contribution in [0.2, 0.25) is 0 Å². The van der Waals surface area contributed by atoms with Crippen LogP contribution in [0.5, 0.6) is 5.75 Å². The third-order valence-corrected chi connectivity index (χ3v) is 2.87. The molecule has 1 amide bonds. The molecule has 2 N–H and O–H groups in total. The van der Waals surface area contributed by atoms with Crippen molar-refractivity contribution in [1.29, 1.82) is 0 Å². The van der Waals surface area contributed by atoms with Crippen LogP contribution in [0.3, 0.4) is 0 Å². The fraction of sp³-hybridized carbons (Fsp3) is 0.417. The third-order valence-electron chi connectivity index (χ3n) is 1.93. The van der Waals surface area contributed by atoms with Gasteiger partial charge in [0.2, 0.25) is 5.91 Å². The molecule has 0 aliphatic heterocycles. The lowest BCUT2D eigenvalue weighted by Crippen LogP contribution is -2.15. The lowest BCUT2D eigenvalue weighted by Gasteiger charge is -2.10. The number of hydrogen-bond donors (Lipinski definition) is 2. The number of hydrogen-bond acceptors (Lipinski definition) is 4. The number of aliphatic hydroxyl groups is 1. The summed E-state index contributed by atoms with van der Waals surface area (Å²) in [5.74, 6) is 1.49. The summed E-state index contributed by atoms with van der Waals surface area (Å²) in [6.07, 6.45) is 0. The molecule has 0 spiro atoms. The molecule has 0 aromatic heterocycles. The number of para-hydroxylation sites is 2. The smallest absolute Gasteiger partial charge is 0.234 e. The number of rotatable bonds is 7. The van der Waals surface area contributed by atoms with Crippen LogP contribution in [0.1, 0.15) is 6.92 Å². The van der Waals surface area contributed by atoms with Gasteiger partial charge in [0.25, 0.3) is 0 Å². The summed E-state index contributed by atoms with van der Waals surface area (Å²) in [6.45, 7) is 2.55. The third kappa shape index (κ3) is 5.10. The molecule has 0 fully saturated rings. The van der Waals surface area contributed by atoms with Crippen molar-refractivity contribution in [2.75, 3.05) is 30.0 Å². The summed E-state index contributed by atoms with van der Waals surface area (Å²) in [5, 5.41) is 11.4. The number of ether oxygens (including phenoxy) is 1. The predicted molar refractivity (Wildman–Crippen MR) is 70.7 cm³/mol. The minimum Gasteiger partial charge on any atom is -0.492 e. The Labute approximate surface area is 105 Å². The maximum absolute atomic E-state index is 11.6. The number of thioether (sulfide) groups is 1. The van der Waals surface area contributed by atoms with Crippen molar-refractivity contribution in [1.82, 2.24) is 0 Å². The van der Waals surface area contributed by atoms with E-state index in [9.17, 15) is 4.79 Å². The van der Waals surface area contributed by atoms with Crippen molar-refractivity contribution in [2.24, 2.45) is 0 Å². The second-order valence-electron chi connectivity index (χ2n) is 3.25. The van der Waals surface area contributed by atoms with E-state index in [4.69, 9.17) is 9.84 Å². The Morgan fingerprint density at radius 1 is 1.47 bits per heavy atom. The fourth-order valence-corrected chi connectivity index (χ4v) is 1.80. The molecule has 0 bridgehead atoms. The van der Waals surface area contributed by atoms with E-state index in [1.165, 1.54) is 11.8 Å². The van der Waals surface area contributed by atoms with Crippen molar-refractivity contribution >= 4 is 23.4 Å². The van der Waals surface area contributed by atoms with Crippen LogP contribution in [-0.4, -0.2) is 35.7 Å². The van der Waals surface area contributed by atoms with Crippen LogP contribution >= 0.6 is 11.8 Å². The van der Waals surface area contributed by atoms with E-state index in [1.54, 1.807) is 6.07 Å². The van der Waals surface area contributed by atoms with Crippen LogP contribution in [0, 0.1) is 0 Å². The number of anilines is 1. The maximum Gasteiger partial charge on any atom is 0.234 e. The molecule has 94 valence electrons. The molecule has 4 nitrogen and oxygen atoms in total. The quantitative estimate of drug-likeness (QED) is 0.729. The summed E-state index contributed by atoms with van der Waals surface area (Å²) >= 11 is 1.40. The van der Waals surface area contributed by atoms with Gasteiger partial charge >= 0.3 is 0 Å². The molecule has 17 heavy (non-hydrogen) atoms. The molecule has 1 rings (SSSR count). The standard InChI is InChI=1S/C12H17NO3S/c1-2-16-11-6-4-3-5-10(11)13-12(15)9-17-8-7-14/h3-6,14H,2,7-9H2,1H3,(H,13,15). The Hall–Kier alpha value is -1.20. The van der Waals surface area contributed by atoms with Crippen LogP contribution in [-0.2, 0) is 4.79 Å². The molecule has 0 saturated carbocycles. The van der Waals surface area contributed by atoms with Gasteiger partial charge in [0.15, 0.2) is 0 Å². The number of benzene rings is 1. The second kappa shape index (κ2) is 7.97. The monoisotopic (exact) mass is 255 g/mol. The van der Waals surface area contributed by atoms with Gasteiger partial charge in [-0.15, -0.1) is 11.8 Å². The van der Waals surface area contributed by atoms with E-state index >= 15 is 0 Å². The molecule has 0 heterocycles. The zero-order valence-corrected chi connectivity index (χ0v) is 10.6. The molecule has 0 saturated heterocycles. The van der Waals surface area contributed by atoms with Crippen LogP contribution in [0.4, 0.5) is 5.69 Å². The van der Waals surface area contributed by atoms with Crippen molar-refractivity contribution < 1.29 is 14.6 Å². The normalized spacial score (nSPS) is 10.0. The van der Waals surface area contributed by atoms with Gasteiger partial charge in [0, 0.05) is 5.75 Å². The molecule has 5 heteroatoms. The zero-order valence-electron chi connectivity index (χ0n) is 9.81. The SMILES string of the molecule is CCOc1ccccc1NC(=O)CSCCO.